The lowest BCUT2D eigenvalue weighted by atomic mass is 10.0. The minimum absolute atomic E-state index is 0.0763. The molecule has 1 heterocycles. The fourth-order valence-electron chi connectivity index (χ4n) is 3.22. The van der Waals surface area contributed by atoms with E-state index in [9.17, 15) is 4.79 Å². The van der Waals surface area contributed by atoms with E-state index in [0.717, 1.165) is 50.2 Å². The zero-order chi connectivity index (χ0) is 19.1. The lowest BCUT2D eigenvalue weighted by Gasteiger charge is -2.36. The Balaban J connectivity index is 2.27. The number of carbonyl (C=O) groups is 1. The van der Waals surface area contributed by atoms with Crippen molar-refractivity contribution in [1.82, 2.24) is 5.32 Å². The molecule has 0 bridgehead atoms. The molecule has 4 N–H and O–H groups in total. The van der Waals surface area contributed by atoms with Crippen molar-refractivity contribution in [2.45, 2.75) is 32.7 Å². The van der Waals surface area contributed by atoms with Crippen LogP contribution in [0.3, 0.4) is 0 Å². The number of ether oxygens (including phenoxy) is 1. The summed E-state index contributed by atoms with van der Waals surface area (Å²) >= 11 is 6.31. The van der Waals surface area contributed by atoms with Crippen molar-refractivity contribution in [3.05, 3.63) is 28.3 Å². The smallest absolute Gasteiger partial charge is 0.252 e. The average molecular weight is 380 g/mol. The first-order valence-corrected chi connectivity index (χ1v) is 9.09. The second kappa shape index (κ2) is 9.54. The Bertz CT molecular complexity index is 686. The van der Waals surface area contributed by atoms with Crippen LogP contribution in [0.25, 0.3) is 0 Å². The van der Waals surface area contributed by atoms with Crippen LogP contribution in [0, 0.1) is 12.3 Å². The summed E-state index contributed by atoms with van der Waals surface area (Å²) in [6.45, 7) is 6.43. The summed E-state index contributed by atoms with van der Waals surface area (Å²) in [6, 6.07) is 3.95. The Hall–Kier alpha value is -2.12. The molecule has 0 unspecified atom stereocenters. The molecule has 1 aromatic carbocycles. The number of nitrogens with zero attached hydrogens (tertiary/aromatic N) is 2. The van der Waals surface area contributed by atoms with Crippen molar-refractivity contribution in [3.63, 3.8) is 0 Å². The number of nitrogens with two attached hydrogens (primary N) is 1. The molecule has 1 saturated heterocycles. The maximum Gasteiger partial charge on any atom is 0.252 e. The molecule has 1 aromatic rings. The molecule has 1 fully saturated rings. The van der Waals surface area contributed by atoms with E-state index in [4.69, 9.17) is 27.5 Å². The molecule has 0 aliphatic carbocycles. The molecule has 1 aliphatic heterocycles. The molecule has 26 heavy (non-hydrogen) atoms. The molecule has 0 saturated carbocycles. The molecule has 0 radical (unpaired) electrons. The van der Waals surface area contributed by atoms with Crippen LogP contribution in [0.4, 0.5) is 5.69 Å². The number of carbonyl (C=O) groups excluding carboxylic acids is 1. The van der Waals surface area contributed by atoms with Gasteiger partial charge in [-0.05, 0) is 44.4 Å². The highest BCUT2D eigenvalue weighted by atomic mass is 35.5. The number of amides is 1. The number of hydrogen-bond donors (Lipinski definition) is 3. The van der Waals surface area contributed by atoms with Crippen molar-refractivity contribution in [3.8, 4) is 0 Å². The largest absolute Gasteiger partial charge is 0.386 e. The number of rotatable bonds is 7. The van der Waals surface area contributed by atoms with Crippen LogP contribution in [-0.4, -0.2) is 50.4 Å². The third-order valence-electron chi connectivity index (χ3n) is 4.53. The summed E-state index contributed by atoms with van der Waals surface area (Å²) in [7, 11) is 0. The Morgan fingerprint density at radius 1 is 1.50 bits per heavy atom. The second-order valence-corrected chi connectivity index (χ2v) is 6.60. The Labute approximate surface area is 159 Å². The van der Waals surface area contributed by atoms with Crippen LogP contribution < -0.4 is 16.0 Å². The predicted octanol–water partition coefficient (Wildman–Crippen LogP) is 2.35. The Kier molecular flexibility index (Phi) is 7.41. The first kappa shape index (κ1) is 20.2. The maximum atomic E-state index is 12.6. The monoisotopic (exact) mass is 379 g/mol. The normalized spacial score (nSPS) is 15.6. The van der Waals surface area contributed by atoms with Gasteiger partial charge in [0.2, 0.25) is 0 Å². The number of anilines is 1. The fourth-order valence-corrected chi connectivity index (χ4v) is 3.43. The molecule has 8 heteroatoms. The van der Waals surface area contributed by atoms with Crippen molar-refractivity contribution in [2.75, 3.05) is 31.2 Å². The lowest BCUT2D eigenvalue weighted by molar-refractivity contribution is 0.0846. The van der Waals surface area contributed by atoms with E-state index in [1.807, 2.05) is 13.0 Å². The van der Waals surface area contributed by atoms with Gasteiger partial charge < -0.3 is 20.7 Å². The molecule has 0 spiro atoms. The first-order chi connectivity index (χ1) is 12.5. The summed E-state index contributed by atoms with van der Waals surface area (Å²) in [4.78, 5) is 18.5. The summed E-state index contributed by atoms with van der Waals surface area (Å²) in [6.07, 6.45) is 2.76. The molecule has 2 rings (SSSR count). The van der Waals surface area contributed by atoms with Gasteiger partial charge in [-0.3, -0.25) is 10.2 Å². The SMILES string of the molecule is CCN(c1cc(Cl)cc(C(=O)NCC(N)=NC=N)c1C)C1CCOCC1. The van der Waals surface area contributed by atoms with Crippen LogP contribution in [0.15, 0.2) is 17.1 Å². The van der Waals surface area contributed by atoms with E-state index in [1.165, 1.54) is 0 Å². The molecule has 1 aliphatic rings. The molecule has 7 nitrogen and oxygen atoms in total. The maximum absolute atomic E-state index is 12.6. The molecular weight excluding hydrogens is 354 g/mol. The van der Waals surface area contributed by atoms with E-state index in [2.05, 4.69) is 22.1 Å². The average Bonchev–Trinajstić information content (AvgIpc) is 2.64. The number of halogens is 1. The fraction of sp³-hybridized carbons (Fsp3) is 0.500. The molecule has 0 atom stereocenters. The van der Waals surface area contributed by atoms with Gasteiger partial charge in [0.15, 0.2) is 0 Å². The van der Waals surface area contributed by atoms with Crippen molar-refractivity contribution < 1.29 is 9.53 Å². The molecule has 142 valence electrons. The second-order valence-electron chi connectivity index (χ2n) is 6.16. The van der Waals surface area contributed by atoms with E-state index >= 15 is 0 Å². The van der Waals surface area contributed by atoms with Gasteiger partial charge in [0.1, 0.15) is 12.2 Å². The third-order valence-corrected chi connectivity index (χ3v) is 4.75. The number of aliphatic imine (C=N–C) groups is 1. The van der Waals surface area contributed by atoms with Gasteiger partial charge in [-0.2, -0.15) is 0 Å². The summed E-state index contributed by atoms with van der Waals surface area (Å²) in [5.74, 6) is -0.0944. The predicted molar refractivity (Wildman–Crippen MR) is 106 cm³/mol. The lowest BCUT2D eigenvalue weighted by Crippen LogP contribution is -2.40. The van der Waals surface area contributed by atoms with Crippen LogP contribution in [0.1, 0.15) is 35.7 Å². The van der Waals surface area contributed by atoms with Crippen molar-refractivity contribution >= 4 is 35.4 Å². The highest BCUT2D eigenvalue weighted by Crippen LogP contribution is 2.31. The zero-order valence-corrected chi connectivity index (χ0v) is 16.0. The number of nitrogens with one attached hydrogen (secondary N) is 2. The van der Waals surface area contributed by atoms with E-state index in [0.29, 0.717) is 16.6 Å². The topological polar surface area (TPSA) is 104 Å². The Morgan fingerprint density at radius 2 is 2.19 bits per heavy atom. The molecule has 1 amide bonds. The molecule has 0 aromatic heterocycles. The van der Waals surface area contributed by atoms with Crippen LogP contribution in [-0.2, 0) is 4.74 Å². The van der Waals surface area contributed by atoms with Gasteiger partial charge in [-0.25, -0.2) is 4.99 Å². The van der Waals surface area contributed by atoms with Crippen LogP contribution in [0.5, 0.6) is 0 Å². The summed E-state index contributed by atoms with van der Waals surface area (Å²) in [5.41, 5.74) is 7.98. The quantitative estimate of drug-likeness (QED) is 0.499. The van der Waals surface area contributed by atoms with Gasteiger partial charge in [0.05, 0.1) is 6.54 Å². The molecular formula is C18H26ClN5O2. The van der Waals surface area contributed by atoms with Gasteiger partial charge in [-0.15, -0.1) is 0 Å². The van der Waals surface area contributed by atoms with Gasteiger partial charge >= 0.3 is 0 Å². The third kappa shape index (κ3) is 4.95. The highest BCUT2D eigenvalue weighted by Gasteiger charge is 2.24. The minimum Gasteiger partial charge on any atom is -0.386 e. The highest BCUT2D eigenvalue weighted by molar-refractivity contribution is 6.31. The van der Waals surface area contributed by atoms with Crippen molar-refractivity contribution in [1.29, 1.82) is 5.41 Å². The number of benzene rings is 1. The number of amidine groups is 1. The van der Waals surface area contributed by atoms with E-state index in [1.54, 1.807) is 6.07 Å². The van der Waals surface area contributed by atoms with Gasteiger partial charge in [0, 0.05) is 42.1 Å². The van der Waals surface area contributed by atoms with Gasteiger partial charge in [0.25, 0.3) is 5.91 Å². The van der Waals surface area contributed by atoms with Crippen LogP contribution >= 0.6 is 11.6 Å². The minimum atomic E-state index is -0.266. The number of hydrogen-bond acceptors (Lipinski definition) is 4. The van der Waals surface area contributed by atoms with E-state index in [-0.39, 0.29) is 18.3 Å². The van der Waals surface area contributed by atoms with Crippen molar-refractivity contribution in [2.24, 2.45) is 10.7 Å². The Morgan fingerprint density at radius 3 is 2.81 bits per heavy atom. The first-order valence-electron chi connectivity index (χ1n) is 8.71. The van der Waals surface area contributed by atoms with Gasteiger partial charge in [-0.1, -0.05) is 11.6 Å². The standard InChI is InChI=1S/C18H26ClN5O2/c1-3-24(14-4-6-26-7-5-14)16-9-13(19)8-15(12(16)2)18(25)22-10-17(21)23-11-20/h8-9,11,14H,3-7,10H2,1-2H3,(H,22,25)(H3,20,21,23). The van der Waals surface area contributed by atoms with E-state index < -0.39 is 0 Å². The summed E-state index contributed by atoms with van der Waals surface area (Å²) in [5, 5.41) is 10.1. The summed E-state index contributed by atoms with van der Waals surface area (Å²) < 4.78 is 5.46. The zero-order valence-electron chi connectivity index (χ0n) is 15.2. The van der Waals surface area contributed by atoms with Crippen LogP contribution in [0.2, 0.25) is 5.02 Å².